The zero-order chi connectivity index (χ0) is 64.7. The monoisotopic (exact) mass is 1230 g/mol. The van der Waals surface area contributed by atoms with Crippen molar-refractivity contribution in [2.24, 2.45) is 0 Å². The second-order valence-corrected chi connectivity index (χ2v) is 23.3. The first-order valence-electron chi connectivity index (χ1n) is 34.6. The molecular formula is C80H125NO8. The Kier molecular flexibility index (Phi) is 63.6. The summed E-state index contributed by atoms with van der Waals surface area (Å²) < 4.78 is 22.7. The van der Waals surface area contributed by atoms with Crippen LogP contribution in [-0.4, -0.2) is 82.3 Å². The van der Waals surface area contributed by atoms with Crippen LogP contribution in [0.3, 0.4) is 0 Å². The van der Waals surface area contributed by atoms with Gasteiger partial charge in [-0.3, -0.25) is 9.59 Å². The number of unbranched alkanes of at least 4 members (excludes halogenated alkanes) is 14. The predicted octanol–water partition coefficient (Wildman–Crippen LogP) is 20.5. The van der Waals surface area contributed by atoms with E-state index in [1.54, 1.807) is 0 Å². The summed E-state index contributed by atoms with van der Waals surface area (Å²) in [6.45, 7) is 4.47. The summed E-state index contributed by atoms with van der Waals surface area (Å²) in [7, 11) is 5.90. The lowest BCUT2D eigenvalue weighted by atomic mass is 10.1. The molecule has 2 unspecified atom stereocenters. The minimum atomic E-state index is -1.64. The normalized spacial score (nSPS) is 13.9. The lowest BCUT2D eigenvalue weighted by Gasteiger charge is -2.26. The number of aliphatic carboxylic acids is 1. The van der Waals surface area contributed by atoms with Gasteiger partial charge in [0.1, 0.15) is 13.2 Å². The molecular weight excluding hydrogens is 1100 g/mol. The molecule has 0 saturated heterocycles. The van der Waals surface area contributed by atoms with E-state index in [4.69, 9.17) is 18.9 Å². The summed E-state index contributed by atoms with van der Waals surface area (Å²) >= 11 is 0. The minimum Gasteiger partial charge on any atom is -0.545 e. The van der Waals surface area contributed by atoms with E-state index < -0.39 is 24.3 Å². The fourth-order valence-electron chi connectivity index (χ4n) is 8.63. The number of carboxylic acids is 1. The fourth-order valence-corrected chi connectivity index (χ4v) is 8.63. The smallest absolute Gasteiger partial charge is 0.306 e. The molecule has 0 aromatic carbocycles. The number of quaternary nitrogens is 1. The number of carbonyl (C=O) groups is 3. The number of ether oxygens (including phenoxy) is 4. The summed E-state index contributed by atoms with van der Waals surface area (Å²) in [5.41, 5.74) is 0. The van der Waals surface area contributed by atoms with E-state index in [2.05, 4.69) is 208 Å². The molecule has 9 nitrogen and oxygen atoms in total. The number of carbonyl (C=O) groups excluding carboxylic acids is 3. The van der Waals surface area contributed by atoms with Gasteiger partial charge in [0.25, 0.3) is 0 Å². The van der Waals surface area contributed by atoms with Crippen LogP contribution in [0.4, 0.5) is 0 Å². The first-order chi connectivity index (χ1) is 43.6. The lowest BCUT2D eigenvalue weighted by molar-refractivity contribution is -0.870. The molecule has 0 saturated carbocycles. The van der Waals surface area contributed by atoms with Crippen LogP contribution in [0, 0.1) is 0 Å². The summed E-state index contributed by atoms with van der Waals surface area (Å²) in [6, 6.07) is 0. The van der Waals surface area contributed by atoms with Gasteiger partial charge in [-0.15, -0.1) is 0 Å². The Bertz CT molecular complexity index is 2160. The average Bonchev–Trinajstić information content (AvgIpc) is 3.70. The number of esters is 2. The van der Waals surface area contributed by atoms with Crippen molar-refractivity contribution in [2.75, 3.05) is 47.5 Å². The zero-order valence-electron chi connectivity index (χ0n) is 56.7. The standard InChI is InChI=1S/C80H125NO8/c1-6-8-10-12-14-16-18-20-22-24-26-28-30-32-34-35-36-37-38-39-40-41-42-43-45-47-49-51-53-55-57-59-61-63-65-67-69-71-78(83)89-76(75-88-80(79(84)85)86-73-72-81(3,4)5)74-87-77(82)70-68-66-64-62-60-58-56-54-52-50-48-46-44-33-31-29-27-25-23-21-19-17-15-13-11-9-7-2/h8-11,14-17,20-23,26-29,32-34,36-37,39-40,42-44,47-50,53,55,76,80H,6-7,12-13,18-19,24-25,30-31,35,38,41,45-46,51-52,54,56-75H2,1-5H3/b10-8-,11-9-,16-14-,17-15-,22-20-,23-21-,28-26-,29-27-,34-32-,37-36-,40-39-,43-42-,44-33-,49-47-,50-48-,55-53-. The number of rotatable bonds is 61. The Morgan fingerprint density at radius 2 is 0.607 bits per heavy atom. The molecule has 0 N–H and O–H groups in total. The molecule has 0 radical (unpaired) electrons. The first-order valence-corrected chi connectivity index (χ1v) is 34.6. The number of carboxylic acid groups (broad SMARTS) is 1. The molecule has 0 heterocycles. The highest BCUT2D eigenvalue weighted by atomic mass is 16.7. The highest BCUT2D eigenvalue weighted by Gasteiger charge is 2.22. The van der Waals surface area contributed by atoms with Gasteiger partial charge >= 0.3 is 11.9 Å². The van der Waals surface area contributed by atoms with Crippen LogP contribution in [0.25, 0.3) is 0 Å². The van der Waals surface area contributed by atoms with E-state index >= 15 is 0 Å². The number of nitrogens with zero attached hydrogens (tertiary/aromatic N) is 1. The molecule has 0 amide bonds. The van der Waals surface area contributed by atoms with Crippen LogP contribution in [-0.2, 0) is 33.3 Å². The molecule has 0 aromatic heterocycles. The molecule has 0 aliphatic carbocycles. The van der Waals surface area contributed by atoms with E-state index in [1.807, 2.05) is 21.1 Å². The molecule has 0 rings (SSSR count). The van der Waals surface area contributed by atoms with Crippen LogP contribution in [0.5, 0.6) is 0 Å². The number of allylic oxidation sites excluding steroid dienone is 32. The van der Waals surface area contributed by atoms with Crippen LogP contribution < -0.4 is 5.11 Å². The number of hydrogen-bond donors (Lipinski definition) is 0. The van der Waals surface area contributed by atoms with Gasteiger partial charge in [0.2, 0.25) is 0 Å². The lowest BCUT2D eigenvalue weighted by Crippen LogP contribution is -2.44. The molecule has 0 aromatic rings. The molecule has 89 heavy (non-hydrogen) atoms. The molecule has 498 valence electrons. The number of hydrogen-bond acceptors (Lipinski definition) is 8. The van der Waals surface area contributed by atoms with Crippen molar-refractivity contribution in [3.8, 4) is 0 Å². The van der Waals surface area contributed by atoms with Crippen molar-refractivity contribution in [3.05, 3.63) is 194 Å². The Hall–Kier alpha value is -5.87. The van der Waals surface area contributed by atoms with E-state index in [-0.39, 0.29) is 38.6 Å². The van der Waals surface area contributed by atoms with Gasteiger partial charge in [0.05, 0.1) is 40.3 Å². The SMILES string of the molecule is CC/C=C\C/C=C\C/C=C\C/C=C\C/C=C\C/C=C\C/C=C\C/C=C\C/C=C\C/C=C\CCCCCCCCC(=O)OC(COC(=O)CCCCCCCCCC/C=C\C/C=C\C/C=C\C/C=C\C/C=C\C/C=C\CC)COC(OCC[N+](C)(C)C)C(=O)[O-]. The summed E-state index contributed by atoms with van der Waals surface area (Å²) in [6.07, 6.45) is 102. The highest BCUT2D eigenvalue weighted by Crippen LogP contribution is 2.14. The maximum absolute atomic E-state index is 12.9. The molecule has 0 fully saturated rings. The van der Waals surface area contributed by atoms with Crippen LogP contribution in [0.2, 0.25) is 0 Å². The van der Waals surface area contributed by atoms with Crippen LogP contribution >= 0.6 is 0 Å². The van der Waals surface area contributed by atoms with E-state index in [1.165, 1.54) is 25.7 Å². The van der Waals surface area contributed by atoms with Crippen LogP contribution in [0.15, 0.2) is 194 Å². The van der Waals surface area contributed by atoms with Gasteiger partial charge in [-0.25, -0.2) is 0 Å². The Morgan fingerprint density at radius 1 is 0.337 bits per heavy atom. The maximum atomic E-state index is 12.9. The van der Waals surface area contributed by atoms with Crippen molar-refractivity contribution in [3.63, 3.8) is 0 Å². The van der Waals surface area contributed by atoms with Crippen molar-refractivity contribution in [1.29, 1.82) is 0 Å². The van der Waals surface area contributed by atoms with Gasteiger partial charge < -0.3 is 33.3 Å². The van der Waals surface area contributed by atoms with Gasteiger partial charge in [-0.05, 0) is 141 Å². The van der Waals surface area contributed by atoms with Gasteiger partial charge in [0.15, 0.2) is 12.4 Å². The second-order valence-electron chi connectivity index (χ2n) is 23.3. The van der Waals surface area contributed by atoms with Crippen molar-refractivity contribution >= 4 is 17.9 Å². The van der Waals surface area contributed by atoms with Gasteiger partial charge in [-0.1, -0.05) is 272 Å². The third kappa shape index (κ3) is 69.5. The Balaban J connectivity index is 4.27. The zero-order valence-corrected chi connectivity index (χ0v) is 56.7. The van der Waals surface area contributed by atoms with Gasteiger partial charge in [0, 0.05) is 12.8 Å². The van der Waals surface area contributed by atoms with Crippen LogP contribution in [0.1, 0.15) is 232 Å². The maximum Gasteiger partial charge on any atom is 0.306 e. The van der Waals surface area contributed by atoms with E-state index in [9.17, 15) is 19.5 Å². The quantitative estimate of drug-likeness (QED) is 0.0195. The first kappa shape index (κ1) is 83.1. The van der Waals surface area contributed by atoms with E-state index in [0.29, 0.717) is 17.4 Å². The largest absolute Gasteiger partial charge is 0.545 e. The molecule has 0 bridgehead atoms. The number of likely N-dealkylation sites (N-methyl/N-ethyl adjacent to an activating group) is 1. The molecule has 9 heteroatoms. The second kappa shape index (κ2) is 68.0. The third-order valence-corrected chi connectivity index (χ3v) is 13.8. The van der Waals surface area contributed by atoms with Crippen molar-refractivity contribution in [1.82, 2.24) is 0 Å². The highest BCUT2D eigenvalue weighted by molar-refractivity contribution is 5.70. The van der Waals surface area contributed by atoms with Gasteiger partial charge in [-0.2, -0.15) is 0 Å². The third-order valence-electron chi connectivity index (χ3n) is 13.8. The molecule has 0 aliphatic rings. The Labute approximate surface area is 544 Å². The summed E-state index contributed by atoms with van der Waals surface area (Å²) in [5, 5.41) is 11.8. The predicted molar refractivity (Wildman–Crippen MR) is 379 cm³/mol. The minimum absolute atomic E-state index is 0.132. The molecule has 0 aliphatic heterocycles. The summed E-state index contributed by atoms with van der Waals surface area (Å²) in [4.78, 5) is 37.5. The van der Waals surface area contributed by atoms with Crippen molar-refractivity contribution < 1.29 is 42.9 Å². The van der Waals surface area contributed by atoms with E-state index in [0.717, 1.165) is 173 Å². The summed E-state index contributed by atoms with van der Waals surface area (Å²) in [5.74, 6) is -2.34. The molecule has 2 atom stereocenters. The van der Waals surface area contributed by atoms with Crippen molar-refractivity contribution in [2.45, 2.75) is 245 Å². The molecule has 0 spiro atoms. The topological polar surface area (TPSA) is 111 Å². The fraction of sp³-hybridized carbons (Fsp3) is 0.562. The Morgan fingerprint density at radius 3 is 0.899 bits per heavy atom. The average molecular weight is 1230 g/mol.